The summed E-state index contributed by atoms with van der Waals surface area (Å²) in [5.74, 6) is 0. The van der Waals surface area contributed by atoms with E-state index in [1.807, 2.05) is 0 Å². The first-order chi connectivity index (χ1) is 27.5. The maximum atomic E-state index is 2.45. The van der Waals surface area contributed by atoms with Crippen molar-refractivity contribution in [1.29, 1.82) is 0 Å². The summed E-state index contributed by atoms with van der Waals surface area (Å²) in [5, 5.41) is 7.43. The van der Waals surface area contributed by atoms with Crippen LogP contribution in [0.15, 0.2) is 188 Å². The maximum absolute atomic E-state index is 2.45. The fourth-order valence-corrected chi connectivity index (χ4v) is 8.38. The number of hydrogen-bond donors (Lipinski definition) is 0. The van der Waals surface area contributed by atoms with Crippen molar-refractivity contribution in [2.24, 2.45) is 0 Å². The van der Waals surface area contributed by atoms with E-state index in [9.17, 15) is 0 Å². The Hall–Kier alpha value is -6.44. The number of anilines is 3. The van der Waals surface area contributed by atoms with E-state index < -0.39 is 0 Å². The van der Waals surface area contributed by atoms with E-state index in [2.05, 4.69) is 234 Å². The van der Waals surface area contributed by atoms with Crippen molar-refractivity contribution in [3.8, 4) is 33.4 Å². The molecule has 0 heterocycles. The molecule has 0 saturated heterocycles. The molecule has 0 fully saturated rings. The van der Waals surface area contributed by atoms with Crippen molar-refractivity contribution < 1.29 is 0 Å². The molecule has 278 valence electrons. The standard InChI is InChI=1S/C56H49N/c1-55(2,3)44-33-43(34-45(37-44)56(4,5)6)50-28-15-21-40-22-16-29-52(54(40)50)51-26-11-12-30-53(51)57(47-32-31-38-17-7-8-19-41(38)35-47)46-24-13-23-42(36-46)49-27-14-20-39-18-9-10-25-48(39)49/h7-37H,1-6H3. The first kappa shape index (κ1) is 36.2. The number of nitrogens with zero attached hydrogens (tertiary/aromatic N) is 1. The molecule has 0 spiro atoms. The molecule has 1 nitrogen and oxygen atoms in total. The Kier molecular flexibility index (Phi) is 9.05. The first-order valence-electron chi connectivity index (χ1n) is 20.2. The monoisotopic (exact) mass is 735 g/mol. The SMILES string of the molecule is CC(C)(C)c1cc(-c2cccc3cccc(-c4ccccc4N(c4cccc(-c5cccc6ccccc56)c4)c4ccc5ccccc5c4)c23)cc(C(C)(C)C)c1. The van der Waals surface area contributed by atoms with Gasteiger partial charge in [-0.1, -0.05) is 199 Å². The van der Waals surface area contributed by atoms with Crippen LogP contribution in [0.25, 0.3) is 65.7 Å². The minimum absolute atomic E-state index is 0.0109. The summed E-state index contributed by atoms with van der Waals surface area (Å²) in [6.45, 7) is 13.9. The predicted molar refractivity (Wildman–Crippen MR) is 247 cm³/mol. The Morgan fingerprint density at radius 3 is 1.61 bits per heavy atom. The number of fused-ring (bicyclic) bond motifs is 3. The van der Waals surface area contributed by atoms with Crippen LogP contribution in [0.3, 0.4) is 0 Å². The van der Waals surface area contributed by atoms with Crippen molar-refractivity contribution >= 4 is 49.4 Å². The molecule has 0 amide bonds. The molecule has 0 saturated carbocycles. The highest BCUT2D eigenvalue weighted by molar-refractivity contribution is 6.09. The van der Waals surface area contributed by atoms with Crippen LogP contribution in [0, 0.1) is 0 Å². The highest BCUT2D eigenvalue weighted by Gasteiger charge is 2.24. The van der Waals surface area contributed by atoms with Gasteiger partial charge in [-0.3, -0.25) is 0 Å². The maximum Gasteiger partial charge on any atom is 0.0540 e. The predicted octanol–water partition coefficient (Wildman–Crippen LogP) is 16.2. The average Bonchev–Trinajstić information content (AvgIpc) is 3.22. The van der Waals surface area contributed by atoms with Gasteiger partial charge < -0.3 is 4.90 Å². The number of hydrogen-bond acceptors (Lipinski definition) is 1. The summed E-state index contributed by atoms with van der Waals surface area (Å²) in [5.41, 5.74) is 13.4. The Labute approximate surface area is 337 Å². The minimum atomic E-state index is 0.0109. The van der Waals surface area contributed by atoms with E-state index in [0.717, 1.165) is 17.1 Å². The number of para-hydroxylation sites is 1. The van der Waals surface area contributed by atoms with Crippen molar-refractivity contribution in [1.82, 2.24) is 0 Å². The molecule has 0 aliphatic carbocycles. The first-order valence-corrected chi connectivity index (χ1v) is 20.2. The highest BCUT2D eigenvalue weighted by atomic mass is 15.1. The largest absolute Gasteiger partial charge is 0.310 e. The van der Waals surface area contributed by atoms with E-state index in [-0.39, 0.29) is 10.8 Å². The van der Waals surface area contributed by atoms with E-state index >= 15 is 0 Å². The van der Waals surface area contributed by atoms with Gasteiger partial charge in [-0.25, -0.2) is 0 Å². The molecule has 0 aliphatic heterocycles. The third-order valence-corrected chi connectivity index (χ3v) is 11.5. The fourth-order valence-electron chi connectivity index (χ4n) is 8.38. The molecular weight excluding hydrogens is 687 g/mol. The molecule has 0 N–H and O–H groups in total. The van der Waals surface area contributed by atoms with Gasteiger partial charge >= 0.3 is 0 Å². The van der Waals surface area contributed by atoms with Gasteiger partial charge in [0.05, 0.1) is 5.69 Å². The second-order valence-electron chi connectivity index (χ2n) is 17.5. The second-order valence-corrected chi connectivity index (χ2v) is 17.5. The van der Waals surface area contributed by atoms with Crippen LogP contribution in [0.4, 0.5) is 17.1 Å². The summed E-state index contributed by atoms with van der Waals surface area (Å²) in [6, 6.07) is 69.6. The quantitative estimate of drug-likeness (QED) is 0.164. The Balaban J connectivity index is 1.29. The molecule has 0 unspecified atom stereocenters. The number of benzene rings is 9. The minimum Gasteiger partial charge on any atom is -0.310 e. The smallest absolute Gasteiger partial charge is 0.0540 e. The van der Waals surface area contributed by atoms with E-state index in [0.29, 0.717) is 0 Å². The molecule has 57 heavy (non-hydrogen) atoms. The van der Waals surface area contributed by atoms with Crippen LogP contribution in [0.1, 0.15) is 52.7 Å². The van der Waals surface area contributed by atoms with Crippen molar-refractivity contribution in [2.75, 3.05) is 4.90 Å². The van der Waals surface area contributed by atoms with E-state index in [1.54, 1.807) is 0 Å². The fraction of sp³-hybridized carbons (Fsp3) is 0.143. The van der Waals surface area contributed by atoms with E-state index in [4.69, 9.17) is 0 Å². The van der Waals surface area contributed by atoms with Gasteiger partial charge in [0.2, 0.25) is 0 Å². The lowest BCUT2D eigenvalue weighted by Gasteiger charge is -2.29. The third-order valence-electron chi connectivity index (χ3n) is 11.5. The zero-order chi connectivity index (χ0) is 39.3. The normalized spacial score (nSPS) is 12.0. The van der Waals surface area contributed by atoms with Crippen molar-refractivity contribution in [3.63, 3.8) is 0 Å². The Morgan fingerprint density at radius 2 is 0.877 bits per heavy atom. The van der Waals surface area contributed by atoms with Crippen LogP contribution < -0.4 is 4.90 Å². The number of rotatable bonds is 6. The lowest BCUT2D eigenvalue weighted by Crippen LogP contribution is -2.16. The van der Waals surface area contributed by atoms with Gasteiger partial charge in [-0.05, 0) is 112 Å². The van der Waals surface area contributed by atoms with Crippen LogP contribution in [-0.2, 0) is 10.8 Å². The van der Waals surface area contributed by atoms with Crippen molar-refractivity contribution in [2.45, 2.75) is 52.4 Å². The Bertz CT molecular complexity index is 2890. The van der Waals surface area contributed by atoms with Crippen LogP contribution >= 0.6 is 0 Å². The van der Waals surface area contributed by atoms with Gasteiger partial charge in [0, 0.05) is 16.9 Å². The summed E-state index contributed by atoms with van der Waals surface area (Å²) in [7, 11) is 0. The highest BCUT2D eigenvalue weighted by Crippen LogP contribution is 2.46. The molecule has 0 radical (unpaired) electrons. The zero-order valence-electron chi connectivity index (χ0n) is 33.8. The van der Waals surface area contributed by atoms with Gasteiger partial charge in [0.25, 0.3) is 0 Å². The average molecular weight is 736 g/mol. The third kappa shape index (κ3) is 6.89. The molecule has 9 aromatic carbocycles. The molecule has 9 rings (SSSR count). The van der Waals surface area contributed by atoms with Gasteiger partial charge in [0.15, 0.2) is 0 Å². The summed E-state index contributed by atoms with van der Waals surface area (Å²) in [6.07, 6.45) is 0. The Morgan fingerprint density at radius 1 is 0.333 bits per heavy atom. The molecule has 0 bridgehead atoms. The van der Waals surface area contributed by atoms with Gasteiger partial charge in [-0.2, -0.15) is 0 Å². The zero-order valence-corrected chi connectivity index (χ0v) is 33.8. The molecule has 0 atom stereocenters. The summed E-state index contributed by atoms with van der Waals surface area (Å²) in [4.78, 5) is 2.45. The molecular formula is C56H49N. The summed E-state index contributed by atoms with van der Waals surface area (Å²) >= 11 is 0. The van der Waals surface area contributed by atoms with Crippen LogP contribution in [0.5, 0.6) is 0 Å². The van der Waals surface area contributed by atoms with Crippen LogP contribution in [-0.4, -0.2) is 0 Å². The lowest BCUT2D eigenvalue weighted by molar-refractivity contribution is 0.569. The van der Waals surface area contributed by atoms with E-state index in [1.165, 1.54) is 76.8 Å². The second kappa shape index (κ2) is 14.3. The molecule has 0 aromatic heterocycles. The topological polar surface area (TPSA) is 3.24 Å². The van der Waals surface area contributed by atoms with Crippen LogP contribution in [0.2, 0.25) is 0 Å². The molecule has 9 aromatic rings. The molecule has 1 heteroatoms. The van der Waals surface area contributed by atoms with Gasteiger partial charge in [-0.15, -0.1) is 0 Å². The van der Waals surface area contributed by atoms with Crippen molar-refractivity contribution in [3.05, 3.63) is 199 Å². The molecule has 0 aliphatic rings. The summed E-state index contributed by atoms with van der Waals surface area (Å²) < 4.78 is 0. The van der Waals surface area contributed by atoms with Gasteiger partial charge in [0.1, 0.15) is 0 Å². The lowest BCUT2D eigenvalue weighted by atomic mass is 9.78.